The molecule has 1 aromatic heterocycles. The minimum absolute atomic E-state index is 0.650. The summed E-state index contributed by atoms with van der Waals surface area (Å²) >= 11 is 0. The van der Waals surface area contributed by atoms with Crippen molar-refractivity contribution in [2.45, 2.75) is 25.7 Å². The molecule has 76 valence electrons. The van der Waals surface area contributed by atoms with Crippen molar-refractivity contribution in [1.29, 1.82) is 0 Å². The third-order valence-electron chi connectivity index (χ3n) is 3.06. The van der Waals surface area contributed by atoms with E-state index in [1.165, 1.54) is 36.8 Å². The maximum atomic E-state index is 5.62. The van der Waals surface area contributed by atoms with Gasteiger partial charge in [-0.05, 0) is 36.0 Å². The van der Waals surface area contributed by atoms with Crippen LogP contribution >= 0.6 is 0 Å². The number of hydrogen-bond acceptors (Lipinski definition) is 1. The first-order chi connectivity index (χ1) is 6.92. The van der Waals surface area contributed by atoms with E-state index in [1.807, 2.05) is 6.20 Å². The standard InChI is InChI=1S/C12H18N2/c13-7-5-12(10-3-1-2-4-10)11-6-8-14-9-11/h5-6,8-10,14H,1-4,7,13H2/b12-5-. The second-order valence-corrected chi connectivity index (χ2v) is 3.98. The van der Waals surface area contributed by atoms with Crippen molar-refractivity contribution < 1.29 is 0 Å². The highest BCUT2D eigenvalue weighted by molar-refractivity contribution is 5.67. The summed E-state index contributed by atoms with van der Waals surface area (Å²) < 4.78 is 0. The average Bonchev–Trinajstić information content (AvgIpc) is 2.87. The molecule has 2 rings (SSSR count). The Morgan fingerprint density at radius 2 is 2.29 bits per heavy atom. The van der Waals surface area contributed by atoms with Gasteiger partial charge in [-0.1, -0.05) is 18.9 Å². The van der Waals surface area contributed by atoms with Crippen molar-refractivity contribution >= 4 is 5.57 Å². The van der Waals surface area contributed by atoms with Crippen LogP contribution in [0.5, 0.6) is 0 Å². The number of allylic oxidation sites excluding steroid dienone is 1. The zero-order valence-corrected chi connectivity index (χ0v) is 8.50. The van der Waals surface area contributed by atoms with Crippen LogP contribution in [0.1, 0.15) is 31.2 Å². The van der Waals surface area contributed by atoms with E-state index in [0.717, 1.165) is 5.92 Å². The van der Waals surface area contributed by atoms with Crippen molar-refractivity contribution in [3.05, 3.63) is 30.1 Å². The lowest BCUT2D eigenvalue weighted by Gasteiger charge is -2.13. The highest BCUT2D eigenvalue weighted by Gasteiger charge is 2.20. The van der Waals surface area contributed by atoms with Crippen molar-refractivity contribution in [1.82, 2.24) is 4.98 Å². The Labute approximate surface area is 85.2 Å². The zero-order valence-electron chi connectivity index (χ0n) is 8.50. The van der Waals surface area contributed by atoms with E-state index >= 15 is 0 Å². The molecule has 1 aromatic rings. The van der Waals surface area contributed by atoms with Crippen molar-refractivity contribution in [3.8, 4) is 0 Å². The maximum Gasteiger partial charge on any atom is 0.0112 e. The van der Waals surface area contributed by atoms with Crippen LogP contribution in [0.3, 0.4) is 0 Å². The molecule has 2 heteroatoms. The summed E-state index contributed by atoms with van der Waals surface area (Å²) in [5.41, 5.74) is 8.39. The Balaban J connectivity index is 2.19. The molecule has 0 saturated heterocycles. The number of aromatic nitrogens is 1. The molecule has 0 radical (unpaired) electrons. The maximum absolute atomic E-state index is 5.62. The lowest BCUT2D eigenvalue weighted by Crippen LogP contribution is -2.02. The van der Waals surface area contributed by atoms with E-state index in [9.17, 15) is 0 Å². The third kappa shape index (κ3) is 1.90. The number of aromatic amines is 1. The molecule has 14 heavy (non-hydrogen) atoms. The van der Waals surface area contributed by atoms with Gasteiger partial charge in [0.2, 0.25) is 0 Å². The Hall–Kier alpha value is -1.02. The fraction of sp³-hybridized carbons (Fsp3) is 0.500. The smallest absolute Gasteiger partial charge is 0.0112 e. The fourth-order valence-corrected chi connectivity index (χ4v) is 2.39. The minimum Gasteiger partial charge on any atom is -0.367 e. The Morgan fingerprint density at radius 3 is 2.86 bits per heavy atom. The van der Waals surface area contributed by atoms with Gasteiger partial charge in [-0.2, -0.15) is 0 Å². The Morgan fingerprint density at radius 1 is 1.50 bits per heavy atom. The number of nitrogens with two attached hydrogens (primary N) is 1. The lowest BCUT2D eigenvalue weighted by atomic mass is 9.92. The first kappa shape index (κ1) is 9.53. The van der Waals surface area contributed by atoms with Crippen LogP contribution in [0, 0.1) is 5.92 Å². The van der Waals surface area contributed by atoms with E-state index < -0.39 is 0 Å². The van der Waals surface area contributed by atoms with Crippen LogP contribution in [0.4, 0.5) is 0 Å². The normalized spacial score (nSPS) is 19.1. The zero-order chi connectivity index (χ0) is 9.80. The molecule has 1 aliphatic carbocycles. The molecule has 0 atom stereocenters. The van der Waals surface area contributed by atoms with Gasteiger partial charge in [0.15, 0.2) is 0 Å². The number of rotatable bonds is 3. The highest BCUT2D eigenvalue weighted by Crippen LogP contribution is 2.36. The summed E-state index contributed by atoms with van der Waals surface area (Å²) in [4.78, 5) is 3.11. The highest BCUT2D eigenvalue weighted by atomic mass is 14.6. The molecule has 0 bridgehead atoms. The lowest BCUT2D eigenvalue weighted by molar-refractivity contribution is 0.704. The van der Waals surface area contributed by atoms with Gasteiger partial charge in [0.05, 0.1) is 0 Å². The van der Waals surface area contributed by atoms with E-state index in [4.69, 9.17) is 5.73 Å². The molecule has 3 N–H and O–H groups in total. The summed E-state index contributed by atoms with van der Waals surface area (Å²) in [5, 5.41) is 0. The SMILES string of the molecule is NC/C=C(\c1cc[nH]c1)C1CCCC1. The van der Waals surface area contributed by atoms with Crippen LogP contribution in [0.25, 0.3) is 5.57 Å². The molecule has 1 fully saturated rings. The van der Waals surface area contributed by atoms with Crippen molar-refractivity contribution in [3.63, 3.8) is 0 Å². The van der Waals surface area contributed by atoms with Gasteiger partial charge in [0.25, 0.3) is 0 Å². The summed E-state index contributed by atoms with van der Waals surface area (Å²) in [5.74, 6) is 0.745. The first-order valence-corrected chi connectivity index (χ1v) is 5.45. The van der Waals surface area contributed by atoms with Gasteiger partial charge >= 0.3 is 0 Å². The minimum atomic E-state index is 0.650. The molecule has 0 spiro atoms. The third-order valence-corrected chi connectivity index (χ3v) is 3.06. The van der Waals surface area contributed by atoms with E-state index in [-0.39, 0.29) is 0 Å². The van der Waals surface area contributed by atoms with Gasteiger partial charge in [0.1, 0.15) is 0 Å². The predicted molar refractivity (Wildman–Crippen MR) is 59.8 cm³/mol. The quantitative estimate of drug-likeness (QED) is 0.755. The Bertz CT molecular complexity index is 292. The summed E-state index contributed by atoms with van der Waals surface area (Å²) in [6.45, 7) is 0.650. The average molecular weight is 190 g/mol. The van der Waals surface area contributed by atoms with E-state index in [1.54, 1.807) is 0 Å². The predicted octanol–water partition coefficient (Wildman–Crippen LogP) is 2.55. The number of hydrogen-bond donors (Lipinski definition) is 2. The number of nitrogens with one attached hydrogen (secondary N) is 1. The molecule has 1 heterocycles. The van der Waals surface area contributed by atoms with Gasteiger partial charge in [-0.3, -0.25) is 0 Å². The monoisotopic (exact) mass is 190 g/mol. The van der Waals surface area contributed by atoms with Crippen LogP contribution in [-0.2, 0) is 0 Å². The molecular formula is C12H18N2. The molecule has 0 unspecified atom stereocenters. The van der Waals surface area contributed by atoms with Crippen molar-refractivity contribution in [2.75, 3.05) is 6.54 Å². The number of H-pyrrole nitrogens is 1. The second kappa shape index (κ2) is 4.47. The Kier molecular flexibility index (Phi) is 3.04. The molecule has 1 aliphatic rings. The molecule has 1 saturated carbocycles. The van der Waals surface area contributed by atoms with Crippen LogP contribution in [0.15, 0.2) is 24.5 Å². The fourth-order valence-electron chi connectivity index (χ4n) is 2.39. The van der Waals surface area contributed by atoms with Gasteiger partial charge < -0.3 is 10.7 Å². The second-order valence-electron chi connectivity index (χ2n) is 3.98. The van der Waals surface area contributed by atoms with E-state index in [2.05, 4.69) is 23.3 Å². The first-order valence-electron chi connectivity index (χ1n) is 5.45. The largest absolute Gasteiger partial charge is 0.367 e. The van der Waals surface area contributed by atoms with E-state index in [0.29, 0.717) is 6.54 Å². The molecular weight excluding hydrogens is 172 g/mol. The summed E-state index contributed by atoms with van der Waals surface area (Å²) in [6.07, 6.45) is 11.6. The molecule has 0 aliphatic heterocycles. The van der Waals surface area contributed by atoms with Crippen LogP contribution < -0.4 is 5.73 Å². The van der Waals surface area contributed by atoms with Gasteiger partial charge in [-0.15, -0.1) is 0 Å². The van der Waals surface area contributed by atoms with Crippen LogP contribution in [0.2, 0.25) is 0 Å². The molecule has 0 aromatic carbocycles. The topological polar surface area (TPSA) is 41.8 Å². The van der Waals surface area contributed by atoms with Crippen molar-refractivity contribution in [2.24, 2.45) is 11.7 Å². The molecule has 2 nitrogen and oxygen atoms in total. The van der Waals surface area contributed by atoms with Crippen LogP contribution in [-0.4, -0.2) is 11.5 Å². The summed E-state index contributed by atoms with van der Waals surface area (Å²) in [6, 6.07) is 2.14. The van der Waals surface area contributed by atoms with Gasteiger partial charge in [0, 0.05) is 18.9 Å². The van der Waals surface area contributed by atoms with Gasteiger partial charge in [-0.25, -0.2) is 0 Å². The molecule has 0 amide bonds. The summed E-state index contributed by atoms with van der Waals surface area (Å²) in [7, 11) is 0.